The van der Waals surface area contributed by atoms with Gasteiger partial charge in [-0.15, -0.1) is 0 Å². The van der Waals surface area contributed by atoms with Gasteiger partial charge in [-0.1, -0.05) is 0 Å². The van der Waals surface area contributed by atoms with Gasteiger partial charge in [0.1, 0.15) is 5.75 Å². The summed E-state index contributed by atoms with van der Waals surface area (Å²) in [6, 6.07) is 5.18. The van der Waals surface area contributed by atoms with E-state index in [2.05, 4.69) is 5.10 Å². The van der Waals surface area contributed by atoms with Crippen molar-refractivity contribution in [2.75, 3.05) is 6.61 Å². The first kappa shape index (κ1) is 20.1. The van der Waals surface area contributed by atoms with E-state index in [1.807, 2.05) is 5.43 Å². The lowest BCUT2D eigenvalue weighted by Gasteiger charge is -2.07. The Morgan fingerprint density at radius 1 is 1.21 bits per heavy atom. The van der Waals surface area contributed by atoms with Crippen LogP contribution in [0.3, 0.4) is 0 Å². The molecule has 0 saturated heterocycles. The first-order chi connectivity index (χ1) is 13.2. The second-order valence-electron chi connectivity index (χ2n) is 5.23. The molecule has 3 N–H and O–H groups in total. The minimum Gasteiger partial charge on any atom is -0.507 e. The summed E-state index contributed by atoms with van der Waals surface area (Å²) in [6.07, 6.45) is 1.04. The second kappa shape index (κ2) is 8.44. The lowest BCUT2D eigenvalue weighted by Crippen LogP contribution is -2.18. The molecule has 0 spiro atoms. The Balaban J connectivity index is 2.25. The van der Waals surface area contributed by atoms with E-state index in [4.69, 9.17) is 4.74 Å². The first-order valence-corrected chi connectivity index (χ1v) is 7.69. The molecule has 0 bridgehead atoms. The van der Waals surface area contributed by atoms with Crippen LogP contribution in [0.5, 0.6) is 17.2 Å². The van der Waals surface area contributed by atoms with E-state index >= 15 is 0 Å². The van der Waals surface area contributed by atoms with Crippen molar-refractivity contribution in [3.63, 3.8) is 0 Å². The first-order valence-electron chi connectivity index (χ1n) is 7.69. The highest BCUT2D eigenvalue weighted by Gasteiger charge is 2.20. The normalized spacial score (nSPS) is 10.6. The summed E-state index contributed by atoms with van der Waals surface area (Å²) < 4.78 is 5.12. The van der Waals surface area contributed by atoms with E-state index in [0.29, 0.717) is 0 Å². The maximum absolute atomic E-state index is 12.0. The zero-order chi connectivity index (χ0) is 20.8. The van der Waals surface area contributed by atoms with Crippen LogP contribution in [0.25, 0.3) is 0 Å². The molecule has 0 aliphatic rings. The molecule has 12 nitrogen and oxygen atoms in total. The van der Waals surface area contributed by atoms with Crippen molar-refractivity contribution in [2.45, 2.75) is 6.92 Å². The standard InChI is InChI=1S/C16H14N4O8/c1-2-28-14-6-9(5-12(15(14)22)20(26)27)8-17-18-16(23)11-7-10(19(24)25)3-4-13(11)21/h3-8,21-22H,2H2,1H3,(H,18,23)/b17-8+. The van der Waals surface area contributed by atoms with Gasteiger partial charge in [0.15, 0.2) is 5.75 Å². The maximum atomic E-state index is 12.0. The number of non-ortho nitro benzene ring substituents is 1. The Labute approximate surface area is 157 Å². The van der Waals surface area contributed by atoms with Crippen LogP contribution in [0, 0.1) is 20.2 Å². The number of phenols is 2. The molecular formula is C16H14N4O8. The summed E-state index contributed by atoms with van der Waals surface area (Å²) in [6.45, 7) is 1.77. The van der Waals surface area contributed by atoms with Crippen LogP contribution in [-0.4, -0.2) is 38.8 Å². The van der Waals surface area contributed by atoms with Crippen molar-refractivity contribution in [1.29, 1.82) is 0 Å². The fourth-order valence-corrected chi connectivity index (χ4v) is 2.14. The molecule has 1 amide bonds. The molecule has 0 saturated carbocycles. The highest BCUT2D eigenvalue weighted by Crippen LogP contribution is 2.36. The smallest absolute Gasteiger partial charge is 0.315 e. The summed E-state index contributed by atoms with van der Waals surface area (Å²) >= 11 is 0. The average Bonchev–Trinajstić information content (AvgIpc) is 2.64. The molecule has 2 rings (SSSR count). The number of hydrazone groups is 1. The van der Waals surface area contributed by atoms with Crippen LogP contribution in [0.1, 0.15) is 22.8 Å². The molecule has 0 unspecified atom stereocenters. The van der Waals surface area contributed by atoms with Crippen LogP contribution < -0.4 is 10.2 Å². The maximum Gasteiger partial charge on any atom is 0.315 e. The van der Waals surface area contributed by atoms with Gasteiger partial charge in [-0.2, -0.15) is 5.10 Å². The molecule has 146 valence electrons. The number of hydrogen-bond donors (Lipinski definition) is 3. The number of aromatic hydroxyl groups is 2. The minimum absolute atomic E-state index is 0.136. The molecule has 2 aromatic carbocycles. The van der Waals surface area contributed by atoms with Crippen LogP contribution in [0.4, 0.5) is 11.4 Å². The Kier molecular flexibility index (Phi) is 6.06. The fourth-order valence-electron chi connectivity index (χ4n) is 2.14. The lowest BCUT2D eigenvalue weighted by molar-refractivity contribution is -0.386. The number of nitro groups is 2. The van der Waals surface area contributed by atoms with Gasteiger partial charge < -0.3 is 14.9 Å². The Hall–Kier alpha value is -4.22. The molecule has 0 fully saturated rings. The number of carbonyl (C=O) groups is 1. The van der Waals surface area contributed by atoms with E-state index in [1.54, 1.807) is 6.92 Å². The molecule has 0 heterocycles. The van der Waals surface area contributed by atoms with E-state index in [9.17, 15) is 35.2 Å². The number of hydrogen-bond acceptors (Lipinski definition) is 9. The SMILES string of the molecule is CCOc1cc(/C=N/NC(=O)c2cc([N+](=O)[O-])ccc2O)cc([N+](=O)[O-])c1O. The largest absolute Gasteiger partial charge is 0.507 e. The number of phenolic OH excluding ortho intramolecular Hbond substituents is 2. The van der Waals surface area contributed by atoms with Crippen LogP contribution in [0.15, 0.2) is 35.4 Å². The number of nitrogens with zero attached hydrogens (tertiary/aromatic N) is 3. The van der Waals surface area contributed by atoms with Gasteiger partial charge in [-0.25, -0.2) is 5.43 Å². The summed E-state index contributed by atoms with van der Waals surface area (Å²) in [5.74, 6) is -2.21. The van der Waals surface area contributed by atoms with Gasteiger partial charge in [0.25, 0.3) is 11.6 Å². The van der Waals surface area contributed by atoms with Gasteiger partial charge in [-0.05, 0) is 19.1 Å². The summed E-state index contributed by atoms with van der Waals surface area (Å²) in [5, 5.41) is 44.9. The predicted octanol–water partition coefficient (Wildman–Crippen LogP) is 2.08. The van der Waals surface area contributed by atoms with E-state index in [-0.39, 0.29) is 23.5 Å². The molecule has 0 atom stereocenters. The minimum atomic E-state index is -0.934. The van der Waals surface area contributed by atoms with Crippen molar-refractivity contribution >= 4 is 23.5 Å². The zero-order valence-electron chi connectivity index (χ0n) is 14.4. The molecule has 2 aromatic rings. The number of rotatable bonds is 7. The topological polar surface area (TPSA) is 177 Å². The van der Waals surface area contributed by atoms with Crippen molar-refractivity contribution in [1.82, 2.24) is 5.43 Å². The van der Waals surface area contributed by atoms with Gasteiger partial charge in [0, 0.05) is 23.8 Å². The number of carbonyl (C=O) groups excluding carboxylic acids is 1. The quantitative estimate of drug-likeness (QED) is 0.365. The van der Waals surface area contributed by atoms with Crippen LogP contribution in [-0.2, 0) is 0 Å². The highest BCUT2D eigenvalue weighted by atomic mass is 16.6. The number of benzene rings is 2. The third-order valence-corrected chi connectivity index (χ3v) is 3.39. The highest BCUT2D eigenvalue weighted by molar-refractivity contribution is 5.98. The Bertz CT molecular complexity index is 973. The third kappa shape index (κ3) is 4.49. The monoisotopic (exact) mass is 390 g/mol. The lowest BCUT2D eigenvalue weighted by atomic mass is 10.1. The Morgan fingerprint density at radius 3 is 2.54 bits per heavy atom. The van der Waals surface area contributed by atoms with Crippen molar-refractivity contribution in [3.8, 4) is 17.2 Å². The van der Waals surface area contributed by atoms with Crippen LogP contribution >= 0.6 is 0 Å². The number of nitro benzene ring substituents is 2. The third-order valence-electron chi connectivity index (χ3n) is 3.39. The number of ether oxygens (including phenoxy) is 1. The van der Waals surface area contributed by atoms with E-state index < -0.39 is 38.6 Å². The molecule has 28 heavy (non-hydrogen) atoms. The van der Waals surface area contributed by atoms with Crippen molar-refractivity contribution < 1.29 is 29.6 Å². The predicted molar refractivity (Wildman–Crippen MR) is 95.8 cm³/mol. The summed E-state index contributed by atoms with van der Waals surface area (Å²) in [7, 11) is 0. The zero-order valence-corrected chi connectivity index (χ0v) is 14.4. The van der Waals surface area contributed by atoms with Gasteiger partial charge >= 0.3 is 5.69 Å². The molecule has 0 aromatic heterocycles. The summed E-state index contributed by atoms with van der Waals surface area (Å²) in [4.78, 5) is 32.3. The number of amides is 1. The van der Waals surface area contributed by atoms with Gasteiger partial charge in [0.2, 0.25) is 5.75 Å². The van der Waals surface area contributed by atoms with Crippen LogP contribution in [0.2, 0.25) is 0 Å². The molecular weight excluding hydrogens is 376 g/mol. The van der Waals surface area contributed by atoms with E-state index in [0.717, 1.165) is 30.5 Å². The molecule has 0 radical (unpaired) electrons. The second-order valence-corrected chi connectivity index (χ2v) is 5.23. The van der Waals surface area contributed by atoms with E-state index in [1.165, 1.54) is 6.07 Å². The fraction of sp³-hybridized carbons (Fsp3) is 0.125. The van der Waals surface area contributed by atoms with Crippen molar-refractivity contribution in [2.24, 2.45) is 5.10 Å². The molecule has 0 aliphatic carbocycles. The number of nitrogens with one attached hydrogen (secondary N) is 1. The van der Waals surface area contributed by atoms with Crippen molar-refractivity contribution in [3.05, 3.63) is 61.7 Å². The average molecular weight is 390 g/mol. The molecule has 12 heteroatoms. The summed E-state index contributed by atoms with van der Waals surface area (Å²) in [5.41, 5.74) is 0.787. The van der Waals surface area contributed by atoms with Gasteiger partial charge in [0.05, 0.1) is 28.2 Å². The van der Waals surface area contributed by atoms with Gasteiger partial charge in [-0.3, -0.25) is 25.0 Å². The Morgan fingerprint density at radius 2 is 1.93 bits per heavy atom. The molecule has 0 aliphatic heterocycles.